The molecule has 2 rings (SSSR count). The van der Waals surface area contributed by atoms with Gasteiger partial charge in [-0.05, 0) is 19.1 Å². The van der Waals surface area contributed by atoms with Crippen molar-refractivity contribution in [1.29, 1.82) is 0 Å². The number of hydrogen-bond acceptors (Lipinski definition) is 5. The number of aliphatic hydroxyl groups is 1. The van der Waals surface area contributed by atoms with Crippen molar-refractivity contribution in [1.82, 2.24) is 4.98 Å². The second-order valence-electron chi connectivity index (χ2n) is 4.60. The van der Waals surface area contributed by atoms with Crippen LogP contribution in [-0.2, 0) is 6.61 Å². The number of aromatic nitrogens is 1. The Morgan fingerprint density at radius 2 is 2.14 bits per heavy atom. The lowest BCUT2D eigenvalue weighted by molar-refractivity contribution is 0.280. The first-order chi connectivity index (χ1) is 10.6. The maximum Gasteiger partial charge on any atom is 0.165 e. The zero-order valence-electron chi connectivity index (χ0n) is 12.2. The third kappa shape index (κ3) is 3.79. The minimum atomic E-state index is -0.420. The quantitative estimate of drug-likeness (QED) is 0.634. The Kier molecular flexibility index (Phi) is 5.43. The number of nitrogens with zero attached hydrogens (tertiary/aromatic N) is 2. The molecule has 0 amide bonds. The molecule has 1 aromatic carbocycles. The highest BCUT2D eigenvalue weighted by Gasteiger charge is 2.09. The minimum absolute atomic E-state index is 0.00896. The number of rotatable bonds is 6. The van der Waals surface area contributed by atoms with Crippen LogP contribution < -0.4 is 4.74 Å². The molecular weight excluding hydrogens is 287 g/mol. The van der Waals surface area contributed by atoms with Crippen LogP contribution in [0.1, 0.15) is 16.8 Å². The van der Waals surface area contributed by atoms with E-state index in [0.29, 0.717) is 23.4 Å². The van der Waals surface area contributed by atoms with E-state index in [0.717, 1.165) is 0 Å². The summed E-state index contributed by atoms with van der Waals surface area (Å²) in [5.74, 6) is -0.252. The van der Waals surface area contributed by atoms with Gasteiger partial charge in [0.05, 0.1) is 18.8 Å². The summed E-state index contributed by atoms with van der Waals surface area (Å²) in [5.41, 5.74) is 1.38. The fraction of sp³-hybridized carbons (Fsp3) is 0.250. The number of aryl methyl sites for hydroxylation is 1. The molecule has 0 fully saturated rings. The van der Waals surface area contributed by atoms with E-state index in [-0.39, 0.29) is 24.7 Å². The van der Waals surface area contributed by atoms with Crippen LogP contribution in [0.15, 0.2) is 35.5 Å². The second-order valence-corrected chi connectivity index (χ2v) is 4.60. The molecule has 0 unspecified atom stereocenters. The predicted molar refractivity (Wildman–Crippen MR) is 80.9 cm³/mol. The minimum Gasteiger partial charge on any atom is -0.505 e. The molecule has 2 aromatic rings. The van der Waals surface area contributed by atoms with E-state index in [1.807, 2.05) is 0 Å². The monoisotopic (exact) mass is 304 g/mol. The average Bonchev–Trinajstić information content (AvgIpc) is 2.52. The zero-order chi connectivity index (χ0) is 15.9. The van der Waals surface area contributed by atoms with Crippen LogP contribution in [0.5, 0.6) is 11.5 Å². The molecular formula is C16H17FN2O3. The summed E-state index contributed by atoms with van der Waals surface area (Å²) in [4.78, 5) is 8.09. The van der Waals surface area contributed by atoms with Gasteiger partial charge in [0.2, 0.25) is 0 Å². The summed E-state index contributed by atoms with van der Waals surface area (Å²) in [6.07, 6.45) is 2.95. The number of ether oxygens (including phenoxy) is 1. The maximum atomic E-state index is 13.3. The highest BCUT2D eigenvalue weighted by Crippen LogP contribution is 2.22. The van der Waals surface area contributed by atoms with Gasteiger partial charge in [0.25, 0.3) is 0 Å². The van der Waals surface area contributed by atoms with Crippen LogP contribution in [-0.4, -0.2) is 34.6 Å². The molecule has 0 aliphatic carbocycles. The molecule has 0 atom stereocenters. The van der Waals surface area contributed by atoms with Crippen molar-refractivity contribution in [3.63, 3.8) is 0 Å². The van der Waals surface area contributed by atoms with Gasteiger partial charge < -0.3 is 14.9 Å². The van der Waals surface area contributed by atoms with Crippen molar-refractivity contribution in [2.75, 3.05) is 13.2 Å². The molecule has 0 aliphatic rings. The lowest BCUT2D eigenvalue weighted by Crippen LogP contribution is -2.03. The van der Waals surface area contributed by atoms with Crippen molar-refractivity contribution in [3.8, 4) is 11.5 Å². The van der Waals surface area contributed by atoms with Gasteiger partial charge in [0, 0.05) is 23.5 Å². The van der Waals surface area contributed by atoms with E-state index in [1.165, 1.54) is 18.5 Å². The molecule has 0 saturated heterocycles. The molecule has 0 spiro atoms. The van der Waals surface area contributed by atoms with E-state index in [1.54, 1.807) is 25.1 Å². The molecule has 22 heavy (non-hydrogen) atoms. The number of benzene rings is 1. The van der Waals surface area contributed by atoms with E-state index >= 15 is 0 Å². The van der Waals surface area contributed by atoms with Crippen molar-refractivity contribution in [2.45, 2.75) is 13.5 Å². The Morgan fingerprint density at radius 1 is 1.36 bits per heavy atom. The molecule has 116 valence electrons. The Morgan fingerprint density at radius 3 is 2.86 bits per heavy atom. The number of aliphatic imine (C=N–C) groups is 1. The zero-order valence-corrected chi connectivity index (χ0v) is 12.2. The maximum absolute atomic E-state index is 13.3. The van der Waals surface area contributed by atoms with E-state index in [9.17, 15) is 14.6 Å². The fourth-order valence-electron chi connectivity index (χ4n) is 1.85. The van der Waals surface area contributed by atoms with Gasteiger partial charge in [-0.25, -0.2) is 4.39 Å². The number of aromatic hydroxyl groups is 1. The van der Waals surface area contributed by atoms with Gasteiger partial charge in [0.1, 0.15) is 12.4 Å². The van der Waals surface area contributed by atoms with Crippen LogP contribution in [0.25, 0.3) is 0 Å². The first-order valence-corrected chi connectivity index (χ1v) is 6.79. The smallest absolute Gasteiger partial charge is 0.165 e. The summed E-state index contributed by atoms with van der Waals surface area (Å²) >= 11 is 0. The van der Waals surface area contributed by atoms with Crippen LogP contribution in [0.2, 0.25) is 0 Å². The van der Waals surface area contributed by atoms with Gasteiger partial charge in [-0.2, -0.15) is 0 Å². The van der Waals surface area contributed by atoms with Crippen molar-refractivity contribution in [2.24, 2.45) is 4.99 Å². The van der Waals surface area contributed by atoms with Gasteiger partial charge in [0.15, 0.2) is 11.6 Å². The normalized spacial score (nSPS) is 11.0. The molecule has 5 nitrogen and oxygen atoms in total. The molecule has 2 N–H and O–H groups in total. The third-order valence-corrected chi connectivity index (χ3v) is 3.06. The topological polar surface area (TPSA) is 74.9 Å². The Bertz CT molecular complexity index is 674. The predicted octanol–water partition coefficient (Wildman–Crippen LogP) is 2.22. The van der Waals surface area contributed by atoms with Crippen LogP contribution in [0.3, 0.4) is 0 Å². The number of hydrogen-bond donors (Lipinski definition) is 2. The Balaban J connectivity index is 1.96. The van der Waals surface area contributed by atoms with E-state index < -0.39 is 5.82 Å². The second kappa shape index (κ2) is 7.51. The van der Waals surface area contributed by atoms with Crippen molar-refractivity contribution < 1.29 is 19.3 Å². The summed E-state index contributed by atoms with van der Waals surface area (Å²) < 4.78 is 18.6. The number of halogens is 1. The standard InChI is InChI=1S/C16H17FN2O3/c1-11-16(21)13(12(10-20)8-19-11)9-18-6-7-22-15-5-3-2-4-14(15)17/h2-5,8-9,20-21H,6-7,10H2,1H3. The van der Waals surface area contributed by atoms with Gasteiger partial charge >= 0.3 is 0 Å². The number of para-hydroxylation sites is 1. The largest absolute Gasteiger partial charge is 0.505 e. The van der Waals surface area contributed by atoms with Gasteiger partial charge in [-0.3, -0.25) is 9.98 Å². The first-order valence-electron chi connectivity index (χ1n) is 6.79. The van der Waals surface area contributed by atoms with E-state index in [2.05, 4.69) is 9.98 Å². The fourth-order valence-corrected chi connectivity index (χ4v) is 1.85. The SMILES string of the molecule is Cc1ncc(CO)c(C=NCCOc2ccccc2F)c1O. The molecule has 0 aliphatic heterocycles. The van der Waals surface area contributed by atoms with Gasteiger partial charge in [-0.1, -0.05) is 12.1 Å². The summed E-state index contributed by atoms with van der Waals surface area (Å²) in [6.45, 7) is 1.92. The molecule has 0 bridgehead atoms. The highest BCUT2D eigenvalue weighted by atomic mass is 19.1. The summed E-state index contributed by atoms with van der Waals surface area (Å²) in [5, 5.41) is 19.2. The van der Waals surface area contributed by atoms with Crippen molar-refractivity contribution in [3.05, 3.63) is 53.1 Å². The lowest BCUT2D eigenvalue weighted by Gasteiger charge is -2.07. The summed E-state index contributed by atoms with van der Waals surface area (Å²) in [7, 11) is 0. The third-order valence-electron chi connectivity index (χ3n) is 3.06. The molecule has 1 heterocycles. The number of aliphatic hydroxyl groups excluding tert-OH is 1. The van der Waals surface area contributed by atoms with Crippen LogP contribution in [0, 0.1) is 12.7 Å². The van der Waals surface area contributed by atoms with Crippen LogP contribution >= 0.6 is 0 Å². The lowest BCUT2D eigenvalue weighted by atomic mass is 10.1. The average molecular weight is 304 g/mol. The molecule has 0 saturated carbocycles. The van der Waals surface area contributed by atoms with Crippen LogP contribution in [0.4, 0.5) is 4.39 Å². The van der Waals surface area contributed by atoms with Crippen molar-refractivity contribution >= 4 is 6.21 Å². The number of pyridine rings is 1. The first kappa shape index (κ1) is 15.9. The summed E-state index contributed by atoms with van der Waals surface area (Å²) in [6, 6.07) is 6.14. The molecule has 6 heteroatoms. The molecule has 0 radical (unpaired) electrons. The Labute approximate surface area is 127 Å². The van der Waals surface area contributed by atoms with Gasteiger partial charge in [-0.15, -0.1) is 0 Å². The van der Waals surface area contributed by atoms with E-state index in [4.69, 9.17) is 4.74 Å². The molecule has 1 aromatic heterocycles. The highest BCUT2D eigenvalue weighted by molar-refractivity contribution is 5.85. The Hall–Kier alpha value is -2.47.